The molecule has 1 amide bonds. The number of carbonyl (C=O) groups excluding carboxylic acids is 1. The number of H-pyrrole nitrogens is 1. The molecule has 1 saturated heterocycles. The smallest absolute Gasteiger partial charge is 0.390 e. The van der Waals surface area contributed by atoms with Gasteiger partial charge in [-0.2, -0.15) is 18.3 Å². The van der Waals surface area contributed by atoms with Gasteiger partial charge in [0, 0.05) is 18.7 Å². The summed E-state index contributed by atoms with van der Waals surface area (Å²) in [5.41, 5.74) is 5.51. The van der Waals surface area contributed by atoms with Gasteiger partial charge in [0.15, 0.2) is 11.4 Å². The molecule has 3 unspecified atom stereocenters. The zero-order valence-electron chi connectivity index (χ0n) is 20.4. The van der Waals surface area contributed by atoms with E-state index in [2.05, 4.69) is 32.1 Å². The van der Waals surface area contributed by atoms with Crippen molar-refractivity contribution in [3.63, 3.8) is 0 Å². The zero-order chi connectivity index (χ0) is 27.3. The molecule has 200 valence electrons. The molecule has 0 aliphatic carbocycles. The summed E-state index contributed by atoms with van der Waals surface area (Å²) in [7, 11) is 0. The van der Waals surface area contributed by atoms with Gasteiger partial charge in [-0.1, -0.05) is 39.5 Å². The summed E-state index contributed by atoms with van der Waals surface area (Å²) in [6.07, 6.45) is 1.32. The minimum absolute atomic E-state index is 0.101. The maximum Gasteiger partial charge on any atom is 0.434 e. The van der Waals surface area contributed by atoms with Gasteiger partial charge in [-0.3, -0.25) is 14.9 Å². The van der Waals surface area contributed by atoms with Gasteiger partial charge >= 0.3 is 6.18 Å². The number of nitrogen functional groups attached to an aromatic ring is 1. The van der Waals surface area contributed by atoms with E-state index >= 15 is 0 Å². The summed E-state index contributed by atoms with van der Waals surface area (Å²) in [6, 6.07) is 0. The van der Waals surface area contributed by atoms with Crippen molar-refractivity contribution in [1.82, 2.24) is 25.5 Å². The van der Waals surface area contributed by atoms with Crippen LogP contribution < -0.4 is 11.1 Å². The molecule has 6 N–H and O–H groups in total. The molecular weight excluding hydrogens is 481 g/mol. The van der Waals surface area contributed by atoms with E-state index in [1.54, 1.807) is 6.08 Å². The van der Waals surface area contributed by atoms with Gasteiger partial charge in [0.25, 0.3) is 5.91 Å². The number of carbonyl (C=O) groups is 1. The Labute approximate surface area is 207 Å². The van der Waals surface area contributed by atoms with Crippen LogP contribution in [0.3, 0.4) is 0 Å². The highest BCUT2D eigenvalue weighted by molar-refractivity contribution is 5.97. The Kier molecular flexibility index (Phi) is 12.8. The first-order valence-electron chi connectivity index (χ1n) is 11.4. The van der Waals surface area contributed by atoms with Gasteiger partial charge < -0.3 is 26.0 Å². The average Bonchev–Trinajstić information content (AvgIpc) is 3.27. The number of rotatable bonds is 6. The van der Waals surface area contributed by atoms with Crippen molar-refractivity contribution in [2.24, 2.45) is 0 Å². The summed E-state index contributed by atoms with van der Waals surface area (Å²) in [5.74, 6) is -0.610. The van der Waals surface area contributed by atoms with E-state index in [9.17, 15) is 28.2 Å². The lowest BCUT2D eigenvalue weighted by Crippen LogP contribution is -2.50. The molecule has 0 saturated carbocycles. The molecule has 13 heteroatoms. The predicted molar refractivity (Wildman–Crippen MR) is 130 cm³/mol. The molecule has 36 heavy (non-hydrogen) atoms. The molecule has 0 bridgehead atoms. The number of aromatic nitrogens is 4. The van der Waals surface area contributed by atoms with Crippen LogP contribution in [0.5, 0.6) is 0 Å². The second-order valence-electron chi connectivity index (χ2n) is 7.21. The molecule has 1 fully saturated rings. The number of hydrogen-bond donors (Lipinski definition) is 5. The largest absolute Gasteiger partial charge is 0.434 e. The lowest BCUT2D eigenvalue weighted by molar-refractivity contribution is -0.141. The van der Waals surface area contributed by atoms with Gasteiger partial charge in [-0.05, 0) is 18.9 Å². The number of nitrogens with one attached hydrogen (secondary N) is 2. The van der Waals surface area contributed by atoms with Crippen molar-refractivity contribution in [3.8, 4) is 0 Å². The van der Waals surface area contributed by atoms with Crippen LogP contribution in [0.25, 0.3) is 12.2 Å². The molecule has 3 atom stereocenters. The number of amides is 1. The number of ether oxygens (including phenoxy) is 1. The van der Waals surface area contributed by atoms with Crippen LogP contribution in [-0.4, -0.2) is 67.7 Å². The van der Waals surface area contributed by atoms with Crippen molar-refractivity contribution < 1.29 is 32.9 Å². The van der Waals surface area contributed by atoms with Crippen LogP contribution >= 0.6 is 0 Å². The Bertz CT molecular complexity index is 996. The van der Waals surface area contributed by atoms with Gasteiger partial charge in [0.1, 0.15) is 18.0 Å². The van der Waals surface area contributed by atoms with E-state index in [0.29, 0.717) is 30.5 Å². The molecule has 2 aromatic rings. The molecule has 1 aliphatic heterocycles. The molecule has 0 radical (unpaired) electrons. The van der Waals surface area contributed by atoms with E-state index in [1.807, 2.05) is 32.9 Å². The highest BCUT2D eigenvalue weighted by Crippen LogP contribution is 2.26. The number of nitrogens with two attached hydrogens (primary N) is 1. The molecular formula is C23H33F3N6O4. The van der Waals surface area contributed by atoms with Gasteiger partial charge in [-0.25, -0.2) is 4.98 Å². The summed E-state index contributed by atoms with van der Waals surface area (Å²) >= 11 is 0. The number of alkyl halides is 3. The second kappa shape index (κ2) is 15.0. The maximum absolute atomic E-state index is 12.3. The number of halogens is 3. The first-order chi connectivity index (χ1) is 17.1. The van der Waals surface area contributed by atoms with Crippen molar-refractivity contribution in [2.45, 2.75) is 58.1 Å². The Balaban J connectivity index is 0.000000417. The van der Waals surface area contributed by atoms with Crippen molar-refractivity contribution in [2.75, 3.05) is 18.9 Å². The fraction of sp³-hybridized carbons (Fsp3) is 0.478. The Morgan fingerprint density at radius 1 is 1.36 bits per heavy atom. The number of anilines is 1. The maximum atomic E-state index is 12.3. The number of hydrogen-bond acceptors (Lipinski definition) is 8. The molecule has 2 aromatic heterocycles. The van der Waals surface area contributed by atoms with Gasteiger partial charge in [-0.15, -0.1) is 0 Å². The van der Waals surface area contributed by atoms with E-state index < -0.39 is 30.2 Å². The molecule has 3 rings (SSSR count). The van der Waals surface area contributed by atoms with Crippen molar-refractivity contribution in [1.29, 1.82) is 0 Å². The topological polar surface area (TPSA) is 159 Å². The third-order valence-electron chi connectivity index (χ3n) is 4.70. The van der Waals surface area contributed by atoms with Gasteiger partial charge in [0.2, 0.25) is 0 Å². The van der Waals surface area contributed by atoms with Crippen LogP contribution in [0.15, 0.2) is 25.0 Å². The Morgan fingerprint density at radius 3 is 2.61 bits per heavy atom. The Morgan fingerprint density at radius 2 is 2.06 bits per heavy atom. The quantitative estimate of drug-likeness (QED) is 0.393. The average molecular weight is 515 g/mol. The normalized spacial score (nSPS) is 19.5. The lowest BCUT2D eigenvalue weighted by atomic mass is 10.0. The molecule has 1 aliphatic rings. The van der Waals surface area contributed by atoms with E-state index in [4.69, 9.17) is 10.5 Å². The number of allylic oxidation sites excluding steroid dienone is 1. The number of aliphatic hydroxyl groups excluding tert-OH is 2. The van der Waals surface area contributed by atoms with Crippen LogP contribution in [0.2, 0.25) is 0 Å². The number of aliphatic hydroxyl groups is 2. The van der Waals surface area contributed by atoms with Crippen LogP contribution in [0.4, 0.5) is 19.0 Å². The number of nitrogens with zero attached hydrogens (tertiary/aromatic N) is 3. The first-order valence-corrected chi connectivity index (χ1v) is 11.4. The summed E-state index contributed by atoms with van der Waals surface area (Å²) in [4.78, 5) is 18.6. The third kappa shape index (κ3) is 9.06. The molecule has 0 aromatic carbocycles. The van der Waals surface area contributed by atoms with Crippen LogP contribution in [-0.2, 0) is 10.9 Å². The molecule has 10 nitrogen and oxygen atoms in total. The summed E-state index contributed by atoms with van der Waals surface area (Å²) in [6.45, 7) is 10.1. The highest BCUT2D eigenvalue weighted by atomic mass is 19.4. The highest BCUT2D eigenvalue weighted by Gasteiger charge is 2.33. The fourth-order valence-corrected chi connectivity index (χ4v) is 2.93. The molecule has 0 spiro atoms. The second-order valence-corrected chi connectivity index (χ2v) is 7.21. The van der Waals surface area contributed by atoms with Crippen molar-refractivity contribution in [3.05, 3.63) is 47.7 Å². The fourth-order valence-electron chi connectivity index (χ4n) is 2.93. The molecule has 3 heterocycles. The number of aromatic amines is 1. The van der Waals surface area contributed by atoms with E-state index in [1.165, 1.54) is 0 Å². The first kappa shape index (κ1) is 30.7. The summed E-state index contributed by atoms with van der Waals surface area (Å²) in [5, 5.41) is 29.0. The van der Waals surface area contributed by atoms with E-state index in [0.717, 1.165) is 12.6 Å². The van der Waals surface area contributed by atoms with Crippen molar-refractivity contribution >= 4 is 23.9 Å². The SMILES string of the molecule is C=Cc1[nH]nc(C(=O)NCC2OCCC(O)C2O)c1/C=C\CC.CC.Nc1cncc(C(F)(F)F)n1. The van der Waals surface area contributed by atoms with Gasteiger partial charge in [0.05, 0.1) is 24.2 Å². The van der Waals surface area contributed by atoms with Crippen LogP contribution in [0, 0.1) is 0 Å². The zero-order valence-corrected chi connectivity index (χ0v) is 20.4. The predicted octanol–water partition coefficient (Wildman–Crippen LogP) is 2.82. The standard InChI is InChI=1S/C16H23N3O4.C5H4F3N3.C2H6/c1-3-5-6-10-11(4-2)18-19-14(10)16(22)17-9-13-15(21)12(20)7-8-23-13;6-5(7,8)3-1-10-2-4(9)11-3;1-2/h4-6,12-13,15,20-21H,2-3,7-9H2,1H3,(H,17,22)(H,18,19);1-2H,(H2,9,11);1-2H3/b6-5-;;. The monoisotopic (exact) mass is 514 g/mol. The van der Waals surface area contributed by atoms with Crippen LogP contribution in [0.1, 0.15) is 61.1 Å². The minimum atomic E-state index is -4.47. The summed E-state index contributed by atoms with van der Waals surface area (Å²) < 4.78 is 40.8. The minimum Gasteiger partial charge on any atom is -0.390 e. The third-order valence-corrected chi connectivity index (χ3v) is 4.70. The Hall–Kier alpha value is -3.29. The lowest BCUT2D eigenvalue weighted by Gasteiger charge is -2.31. The van der Waals surface area contributed by atoms with E-state index in [-0.39, 0.29) is 24.0 Å².